The molecule has 2 heterocycles. The summed E-state index contributed by atoms with van der Waals surface area (Å²) in [6.07, 6.45) is 1.03. The van der Waals surface area contributed by atoms with Crippen molar-refractivity contribution in [3.05, 3.63) is 63.7 Å². The molecule has 0 saturated carbocycles. The number of hydrogen-bond donors (Lipinski definition) is 1. The van der Waals surface area contributed by atoms with E-state index in [0.717, 1.165) is 34.0 Å². The van der Waals surface area contributed by atoms with Crippen molar-refractivity contribution in [1.82, 2.24) is 0 Å². The van der Waals surface area contributed by atoms with Gasteiger partial charge >= 0.3 is 0 Å². The molecule has 2 aromatic rings. The lowest BCUT2D eigenvalue weighted by molar-refractivity contribution is 1.14. The summed E-state index contributed by atoms with van der Waals surface area (Å²) in [5.74, 6) is 0.477. The zero-order chi connectivity index (χ0) is 17.4. The van der Waals surface area contributed by atoms with Crippen molar-refractivity contribution in [1.29, 1.82) is 5.41 Å². The average Bonchev–Trinajstić information content (AvgIpc) is 2.75. The quantitative estimate of drug-likeness (QED) is 0.832. The summed E-state index contributed by atoms with van der Waals surface area (Å²) in [7, 11) is 0. The van der Waals surface area contributed by atoms with Gasteiger partial charge in [-0.1, -0.05) is 37.8 Å². The van der Waals surface area contributed by atoms with Crippen LogP contribution in [0.4, 0.5) is 5.00 Å². The molecule has 3 nitrogen and oxygen atoms in total. The van der Waals surface area contributed by atoms with Crippen LogP contribution in [0.1, 0.15) is 41.0 Å². The van der Waals surface area contributed by atoms with Crippen LogP contribution in [0.25, 0.3) is 0 Å². The maximum atomic E-state index is 8.41. The Morgan fingerprint density at radius 3 is 2.54 bits per heavy atom. The average molecular weight is 337 g/mol. The first-order valence-corrected chi connectivity index (χ1v) is 9.02. The number of thiophene rings is 1. The molecule has 1 aliphatic rings. The third-order valence-electron chi connectivity index (χ3n) is 4.48. The Kier molecular flexibility index (Phi) is 4.41. The number of hydrogen-bond acceptors (Lipinski definition) is 3. The number of benzene rings is 1. The fraction of sp³-hybridized carbons (Fsp3) is 0.300. The molecule has 24 heavy (non-hydrogen) atoms. The normalized spacial score (nSPS) is 14.2. The molecule has 1 aromatic heterocycles. The summed E-state index contributed by atoms with van der Waals surface area (Å²) < 4.78 is 0. The Morgan fingerprint density at radius 1 is 1.29 bits per heavy atom. The molecule has 0 atom stereocenters. The molecule has 4 heteroatoms. The minimum atomic E-state index is 0.373. The zero-order valence-electron chi connectivity index (χ0n) is 14.7. The highest BCUT2D eigenvalue weighted by Crippen LogP contribution is 2.40. The number of allylic oxidation sites excluding steroid dienone is 1. The standard InChI is InChI=1S/C20H23N3S/c1-6-15-7-9-16(10-8-15)19-18-13(4)14(5)24-20(18)23(12(2)3)17(21)11-22-19/h7-10,21H,2,6,11H2,1,3-5H3. The molecule has 0 spiro atoms. The second kappa shape index (κ2) is 6.36. The van der Waals surface area contributed by atoms with Crippen molar-refractivity contribution in [2.75, 3.05) is 11.4 Å². The number of nitrogens with one attached hydrogen (secondary N) is 1. The third-order valence-corrected chi connectivity index (χ3v) is 5.67. The lowest BCUT2D eigenvalue weighted by Crippen LogP contribution is -2.28. The number of fused-ring (bicyclic) bond motifs is 1. The van der Waals surface area contributed by atoms with Crippen LogP contribution >= 0.6 is 11.3 Å². The minimum Gasteiger partial charge on any atom is -0.293 e. The van der Waals surface area contributed by atoms with Gasteiger partial charge in [0.15, 0.2) is 0 Å². The van der Waals surface area contributed by atoms with E-state index in [9.17, 15) is 0 Å². The van der Waals surface area contributed by atoms with E-state index in [1.54, 1.807) is 11.3 Å². The highest BCUT2D eigenvalue weighted by atomic mass is 32.1. The van der Waals surface area contributed by atoms with Crippen molar-refractivity contribution in [2.24, 2.45) is 4.99 Å². The van der Waals surface area contributed by atoms with Gasteiger partial charge in [-0.15, -0.1) is 11.3 Å². The lowest BCUT2D eigenvalue weighted by atomic mass is 9.98. The van der Waals surface area contributed by atoms with E-state index in [2.05, 4.69) is 51.6 Å². The summed E-state index contributed by atoms with van der Waals surface area (Å²) in [6.45, 7) is 12.8. The molecule has 1 aromatic carbocycles. The van der Waals surface area contributed by atoms with Gasteiger partial charge in [0.1, 0.15) is 10.8 Å². The van der Waals surface area contributed by atoms with Gasteiger partial charge in [0, 0.05) is 21.7 Å². The summed E-state index contributed by atoms with van der Waals surface area (Å²) in [5, 5.41) is 9.48. The van der Waals surface area contributed by atoms with Gasteiger partial charge in [-0.2, -0.15) is 0 Å². The Labute approximate surface area is 147 Å². The second-order valence-electron chi connectivity index (χ2n) is 6.20. The van der Waals surface area contributed by atoms with Crippen molar-refractivity contribution < 1.29 is 0 Å². The number of aryl methyl sites for hydroxylation is 2. The fourth-order valence-electron chi connectivity index (χ4n) is 3.01. The molecule has 124 valence electrons. The lowest BCUT2D eigenvalue weighted by Gasteiger charge is -2.22. The van der Waals surface area contributed by atoms with Crippen molar-refractivity contribution in [2.45, 2.75) is 34.1 Å². The van der Waals surface area contributed by atoms with E-state index in [0.29, 0.717) is 12.4 Å². The maximum absolute atomic E-state index is 8.41. The smallest absolute Gasteiger partial charge is 0.127 e. The van der Waals surface area contributed by atoms with Crippen LogP contribution in [0.15, 0.2) is 41.5 Å². The van der Waals surface area contributed by atoms with Crippen LogP contribution in [0.5, 0.6) is 0 Å². The molecule has 0 bridgehead atoms. The highest BCUT2D eigenvalue weighted by molar-refractivity contribution is 7.17. The number of aliphatic imine (C=N–C) groups is 1. The Morgan fingerprint density at radius 2 is 1.96 bits per heavy atom. The number of nitrogens with zero attached hydrogens (tertiary/aromatic N) is 2. The maximum Gasteiger partial charge on any atom is 0.127 e. The van der Waals surface area contributed by atoms with Crippen LogP contribution in [0, 0.1) is 19.3 Å². The number of anilines is 1. The highest BCUT2D eigenvalue weighted by Gasteiger charge is 2.28. The number of rotatable bonds is 3. The summed E-state index contributed by atoms with van der Waals surface area (Å²) in [6, 6.07) is 8.62. The molecule has 3 rings (SSSR count). The molecule has 0 saturated heterocycles. The van der Waals surface area contributed by atoms with Gasteiger partial charge < -0.3 is 0 Å². The molecule has 0 fully saturated rings. The monoisotopic (exact) mass is 337 g/mol. The minimum absolute atomic E-state index is 0.373. The predicted molar refractivity (Wildman–Crippen MR) is 105 cm³/mol. The van der Waals surface area contributed by atoms with E-state index >= 15 is 0 Å². The topological polar surface area (TPSA) is 39.5 Å². The van der Waals surface area contributed by atoms with Gasteiger partial charge in [0.05, 0.1) is 12.3 Å². The molecule has 1 aliphatic heterocycles. The molecule has 0 radical (unpaired) electrons. The van der Waals surface area contributed by atoms with Crippen LogP contribution < -0.4 is 4.90 Å². The van der Waals surface area contributed by atoms with Crippen LogP contribution in [0.3, 0.4) is 0 Å². The van der Waals surface area contributed by atoms with E-state index in [4.69, 9.17) is 10.4 Å². The Balaban J connectivity index is 2.21. The first-order chi connectivity index (χ1) is 11.4. The number of amidine groups is 1. The molecule has 0 aliphatic carbocycles. The van der Waals surface area contributed by atoms with E-state index in [1.165, 1.54) is 16.0 Å². The van der Waals surface area contributed by atoms with Gasteiger partial charge in [-0.05, 0) is 38.3 Å². The van der Waals surface area contributed by atoms with Crippen LogP contribution in [0.2, 0.25) is 0 Å². The van der Waals surface area contributed by atoms with E-state index < -0.39 is 0 Å². The van der Waals surface area contributed by atoms with Crippen LogP contribution in [-0.4, -0.2) is 18.1 Å². The van der Waals surface area contributed by atoms with Crippen molar-refractivity contribution in [3.63, 3.8) is 0 Å². The van der Waals surface area contributed by atoms with Gasteiger partial charge in [0.2, 0.25) is 0 Å². The zero-order valence-corrected chi connectivity index (χ0v) is 15.5. The summed E-state index contributed by atoms with van der Waals surface area (Å²) in [5.41, 5.74) is 6.68. The first kappa shape index (κ1) is 16.7. The Bertz CT molecular complexity index is 841. The predicted octanol–water partition coefficient (Wildman–Crippen LogP) is 5.10. The van der Waals surface area contributed by atoms with Crippen molar-refractivity contribution in [3.8, 4) is 0 Å². The summed E-state index contributed by atoms with van der Waals surface area (Å²) >= 11 is 1.72. The largest absolute Gasteiger partial charge is 0.293 e. The second-order valence-corrected chi connectivity index (χ2v) is 7.40. The van der Waals surface area contributed by atoms with Gasteiger partial charge in [0.25, 0.3) is 0 Å². The molecule has 0 amide bonds. The first-order valence-electron chi connectivity index (χ1n) is 8.21. The van der Waals surface area contributed by atoms with Crippen molar-refractivity contribution >= 4 is 27.9 Å². The SMILES string of the molecule is C=C(C)N1C(=N)CN=C(c2ccc(CC)cc2)c2c1sc(C)c2C. The molecular weight excluding hydrogens is 314 g/mol. The molecular formula is C20H23N3S. The van der Waals surface area contributed by atoms with E-state index in [-0.39, 0.29) is 0 Å². The molecule has 1 N–H and O–H groups in total. The fourth-order valence-corrected chi connectivity index (χ4v) is 4.26. The van der Waals surface area contributed by atoms with Gasteiger partial charge in [-0.25, -0.2) is 0 Å². The molecule has 0 unspecified atom stereocenters. The third kappa shape index (κ3) is 2.71. The summed E-state index contributed by atoms with van der Waals surface area (Å²) in [4.78, 5) is 8.00. The van der Waals surface area contributed by atoms with Crippen LogP contribution in [-0.2, 0) is 6.42 Å². The Hall–Kier alpha value is -2.20. The van der Waals surface area contributed by atoms with E-state index in [1.807, 2.05) is 11.8 Å². The van der Waals surface area contributed by atoms with Gasteiger partial charge in [-0.3, -0.25) is 15.3 Å².